The molecule has 0 spiro atoms. The molecule has 7 nitrogen and oxygen atoms in total. The van der Waals surface area contributed by atoms with Gasteiger partial charge in [0.15, 0.2) is 0 Å². The third-order valence-electron chi connectivity index (χ3n) is 5.29. The molecule has 1 aliphatic rings. The van der Waals surface area contributed by atoms with Crippen molar-refractivity contribution in [3.05, 3.63) is 76.3 Å². The Balaban J connectivity index is 1.41. The topological polar surface area (TPSA) is 82.6 Å². The first kappa shape index (κ1) is 22.4. The molecule has 2 heterocycles. The van der Waals surface area contributed by atoms with Crippen LogP contribution in [-0.2, 0) is 0 Å². The summed E-state index contributed by atoms with van der Waals surface area (Å²) in [5.41, 5.74) is 1.80. The van der Waals surface area contributed by atoms with Crippen molar-refractivity contribution >= 4 is 35.5 Å². The molecule has 1 saturated heterocycles. The Labute approximate surface area is 197 Å². The van der Waals surface area contributed by atoms with E-state index in [-0.39, 0.29) is 11.6 Å². The van der Waals surface area contributed by atoms with Crippen molar-refractivity contribution in [2.75, 3.05) is 37.7 Å². The van der Waals surface area contributed by atoms with Gasteiger partial charge in [-0.2, -0.15) is 10.2 Å². The van der Waals surface area contributed by atoms with Gasteiger partial charge in [-0.1, -0.05) is 23.7 Å². The number of amides is 1. The van der Waals surface area contributed by atoms with E-state index in [0.717, 1.165) is 11.3 Å². The normalized spacial score (nSPS) is 13.8. The molecule has 0 radical (unpaired) electrons. The van der Waals surface area contributed by atoms with Gasteiger partial charge in [-0.3, -0.25) is 4.79 Å². The minimum atomic E-state index is -0.0385. The van der Waals surface area contributed by atoms with Crippen molar-refractivity contribution in [1.82, 2.24) is 9.88 Å². The number of hydrogen-bond acceptors (Lipinski definition) is 6. The van der Waals surface area contributed by atoms with Gasteiger partial charge in [0, 0.05) is 42.8 Å². The molecule has 0 atom stereocenters. The molecule has 1 amide bonds. The number of halogens is 1. The number of nitrogens with zero attached hydrogens (tertiary/aromatic N) is 4. The Morgan fingerprint density at radius 2 is 1.82 bits per heavy atom. The van der Waals surface area contributed by atoms with Crippen LogP contribution in [0.4, 0.5) is 5.88 Å². The van der Waals surface area contributed by atoms with E-state index in [2.05, 4.69) is 11.1 Å². The predicted octanol–water partition coefficient (Wildman–Crippen LogP) is 4.73. The molecule has 1 fully saturated rings. The SMILES string of the molecule is CCOc1ccc(C=Cc2nc(C#N)c(N3CCN(C(=O)c4ccc(Cl)cc4)CC3)o2)cc1. The third-order valence-corrected chi connectivity index (χ3v) is 5.54. The fourth-order valence-electron chi connectivity index (χ4n) is 3.58. The molecule has 8 heteroatoms. The van der Waals surface area contributed by atoms with Crippen molar-refractivity contribution < 1.29 is 13.9 Å². The quantitative estimate of drug-likeness (QED) is 0.526. The number of hydrogen-bond donors (Lipinski definition) is 0. The minimum absolute atomic E-state index is 0.0385. The second-order valence-electron chi connectivity index (χ2n) is 7.44. The van der Waals surface area contributed by atoms with Gasteiger partial charge >= 0.3 is 0 Å². The number of carbonyl (C=O) groups excluding carboxylic acids is 1. The molecule has 1 aliphatic heterocycles. The average molecular weight is 463 g/mol. The van der Waals surface area contributed by atoms with Crippen LogP contribution in [0.25, 0.3) is 12.2 Å². The summed E-state index contributed by atoms with van der Waals surface area (Å²) >= 11 is 5.91. The number of benzene rings is 2. The summed E-state index contributed by atoms with van der Waals surface area (Å²) < 4.78 is 11.3. The van der Waals surface area contributed by atoms with Crippen LogP contribution in [0.2, 0.25) is 5.02 Å². The Morgan fingerprint density at radius 3 is 2.45 bits per heavy atom. The highest BCUT2D eigenvalue weighted by Gasteiger charge is 2.26. The van der Waals surface area contributed by atoms with E-state index in [4.69, 9.17) is 20.8 Å². The Morgan fingerprint density at radius 1 is 1.12 bits per heavy atom. The molecule has 0 N–H and O–H groups in total. The lowest BCUT2D eigenvalue weighted by molar-refractivity contribution is 0.0745. The standard InChI is InChI=1S/C25H23ClN4O3/c1-2-32-21-10-3-18(4-11-21)5-12-23-28-22(17-27)25(33-23)30-15-13-29(14-16-30)24(31)19-6-8-20(26)9-7-19/h3-12H,2,13-16H2,1H3. The van der Waals surface area contributed by atoms with E-state index in [1.165, 1.54) is 0 Å². The summed E-state index contributed by atoms with van der Waals surface area (Å²) in [6.07, 6.45) is 3.61. The van der Waals surface area contributed by atoms with Gasteiger partial charge < -0.3 is 19.0 Å². The highest BCUT2D eigenvalue weighted by Crippen LogP contribution is 2.25. The number of carbonyl (C=O) groups is 1. The van der Waals surface area contributed by atoms with Crippen LogP contribution in [0.5, 0.6) is 5.75 Å². The summed E-state index contributed by atoms with van der Waals surface area (Å²) in [6.45, 7) is 4.69. The molecule has 168 valence electrons. The molecule has 33 heavy (non-hydrogen) atoms. The van der Waals surface area contributed by atoms with E-state index in [9.17, 15) is 10.1 Å². The molecular weight excluding hydrogens is 440 g/mol. The van der Waals surface area contributed by atoms with Crippen molar-refractivity contribution in [1.29, 1.82) is 5.26 Å². The van der Waals surface area contributed by atoms with Gasteiger partial charge in [-0.05, 0) is 55.0 Å². The van der Waals surface area contributed by atoms with Crippen molar-refractivity contribution in [2.45, 2.75) is 6.92 Å². The largest absolute Gasteiger partial charge is 0.494 e. The zero-order valence-electron chi connectivity index (χ0n) is 18.2. The van der Waals surface area contributed by atoms with Gasteiger partial charge in [0.1, 0.15) is 11.8 Å². The van der Waals surface area contributed by atoms with E-state index in [0.29, 0.717) is 55.1 Å². The van der Waals surface area contributed by atoms with Gasteiger partial charge in [0.05, 0.1) is 6.61 Å². The number of ether oxygens (including phenoxy) is 1. The van der Waals surface area contributed by atoms with Crippen LogP contribution in [0.1, 0.15) is 34.4 Å². The summed E-state index contributed by atoms with van der Waals surface area (Å²) in [7, 11) is 0. The maximum Gasteiger partial charge on any atom is 0.253 e. The molecule has 4 rings (SSSR count). The van der Waals surface area contributed by atoms with Crippen LogP contribution in [-0.4, -0.2) is 48.6 Å². The molecule has 0 bridgehead atoms. The zero-order chi connectivity index (χ0) is 23.2. The monoisotopic (exact) mass is 462 g/mol. The number of rotatable bonds is 6. The fourth-order valence-corrected chi connectivity index (χ4v) is 3.71. The van der Waals surface area contributed by atoms with E-state index < -0.39 is 0 Å². The number of anilines is 1. The van der Waals surface area contributed by atoms with Crippen molar-refractivity contribution in [3.8, 4) is 11.8 Å². The van der Waals surface area contributed by atoms with Crippen molar-refractivity contribution in [3.63, 3.8) is 0 Å². The third kappa shape index (κ3) is 5.36. The van der Waals surface area contributed by atoms with Crippen LogP contribution in [0, 0.1) is 11.3 Å². The fraction of sp³-hybridized carbons (Fsp3) is 0.240. The molecular formula is C25H23ClN4O3. The highest BCUT2D eigenvalue weighted by molar-refractivity contribution is 6.30. The Hall–Kier alpha value is -3.76. The smallest absolute Gasteiger partial charge is 0.253 e. The summed E-state index contributed by atoms with van der Waals surface area (Å²) in [4.78, 5) is 20.8. The van der Waals surface area contributed by atoms with Crippen LogP contribution < -0.4 is 9.64 Å². The van der Waals surface area contributed by atoms with Crippen LogP contribution in [0.15, 0.2) is 52.9 Å². The van der Waals surface area contributed by atoms with Crippen LogP contribution >= 0.6 is 11.6 Å². The first-order valence-electron chi connectivity index (χ1n) is 10.7. The molecule has 3 aromatic rings. The van der Waals surface area contributed by atoms with Gasteiger partial charge in [-0.15, -0.1) is 0 Å². The maximum atomic E-state index is 12.7. The predicted molar refractivity (Wildman–Crippen MR) is 127 cm³/mol. The highest BCUT2D eigenvalue weighted by atomic mass is 35.5. The van der Waals surface area contributed by atoms with E-state index in [1.54, 1.807) is 35.2 Å². The Bertz CT molecular complexity index is 1170. The first-order valence-corrected chi connectivity index (χ1v) is 11.1. The molecule has 0 aliphatic carbocycles. The lowest BCUT2D eigenvalue weighted by Crippen LogP contribution is -2.48. The summed E-state index contributed by atoms with van der Waals surface area (Å²) in [5, 5.41) is 10.1. The van der Waals surface area contributed by atoms with E-state index >= 15 is 0 Å². The first-order chi connectivity index (χ1) is 16.1. The summed E-state index contributed by atoms with van der Waals surface area (Å²) in [5.74, 6) is 1.56. The zero-order valence-corrected chi connectivity index (χ0v) is 19.0. The average Bonchev–Trinajstić information content (AvgIpc) is 3.27. The maximum absolute atomic E-state index is 12.7. The summed E-state index contributed by atoms with van der Waals surface area (Å²) in [6, 6.07) is 16.7. The number of nitriles is 1. The number of piperazine rings is 1. The van der Waals surface area contributed by atoms with Crippen molar-refractivity contribution in [2.24, 2.45) is 0 Å². The van der Waals surface area contributed by atoms with Gasteiger partial charge in [0.2, 0.25) is 17.5 Å². The Kier molecular flexibility index (Phi) is 6.96. The van der Waals surface area contributed by atoms with Gasteiger partial charge in [0.25, 0.3) is 5.91 Å². The number of aromatic nitrogens is 1. The number of oxazole rings is 1. The molecule has 0 saturated carbocycles. The second kappa shape index (κ2) is 10.2. The second-order valence-corrected chi connectivity index (χ2v) is 7.88. The van der Waals surface area contributed by atoms with E-state index in [1.807, 2.05) is 42.2 Å². The lowest BCUT2D eigenvalue weighted by atomic mass is 10.2. The molecule has 0 unspecified atom stereocenters. The lowest BCUT2D eigenvalue weighted by Gasteiger charge is -2.34. The molecule has 2 aromatic carbocycles. The molecule has 1 aromatic heterocycles. The van der Waals surface area contributed by atoms with Crippen LogP contribution in [0.3, 0.4) is 0 Å². The minimum Gasteiger partial charge on any atom is -0.494 e. The van der Waals surface area contributed by atoms with Gasteiger partial charge in [-0.25, -0.2) is 0 Å².